The van der Waals surface area contributed by atoms with Crippen LogP contribution in [0.25, 0.3) is 17.1 Å². The summed E-state index contributed by atoms with van der Waals surface area (Å²) < 4.78 is 5.84. The number of nitrogens with zero attached hydrogens (tertiary/aromatic N) is 1. The molecule has 0 saturated heterocycles. The van der Waals surface area contributed by atoms with Crippen molar-refractivity contribution >= 4 is 23.1 Å². The largest absolute Gasteiger partial charge is 0.508 e. The number of hydrogen-bond acceptors (Lipinski definition) is 10. The summed E-state index contributed by atoms with van der Waals surface area (Å²) in [5.74, 6) is -5.31. The lowest BCUT2D eigenvalue weighted by Gasteiger charge is -2.50. The van der Waals surface area contributed by atoms with Crippen molar-refractivity contribution in [3.05, 3.63) is 58.1 Å². The predicted octanol–water partition coefficient (Wildman–Crippen LogP) is 2.83. The van der Waals surface area contributed by atoms with Gasteiger partial charge in [-0.15, -0.1) is 0 Å². The first-order chi connectivity index (χ1) is 18.9. The number of rotatable bonds is 7. The molecule has 1 saturated carbocycles. The Hall–Kier alpha value is -3.73. The fourth-order valence-corrected chi connectivity index (χ4v) is 6.67. The summed E-state index contributed by atoms with van der Waals surface area (Å²) in [6.45, 7) is 4.52. The molecule has 0 bridgehead atoms. The van der Waals surface area contributed by atoms with E-state index in [4.69, 9.17) is 4.42 Å². The summed E-state index contributed by atoms with van der Waals surface area (Å²) in [4.78, 5) is 41.2. The number of hydrogen-bond donors (Lipinski definition) is 5. The van der Waals surface area contributed by atoms with Crippen molar-refractivity contribution in [3.8, 4) is 17.1 Å². The lowest BCUT2D eigenvalue weighted by molar-refractivity contribution is -0.153. The number of phenols is 1. The highest BCUT2D eigenvalue weighted by Crippen LogP contribution is 2.53. The minimum Gasteiger partial charge on any atom is -0.508 e. The molecule has 0 spiro atoms. The van der Waals surface area contributed by atoms with Gasteiger partial charge in [0.25, 0.3) is 0 Å². The molecule has 5 rings (SSSR count). The van der Waals surface area contributed by atoms with Crippen LogP contribution in [0.3, 0.4) is 0 Å². The number of fused-ring (bicyclic) bond motifs is 3. The van der Waals surface area contributed by atoms with Crippen LogP contribution in [0.15, 0.2) is 45.8 Å². The molecule has 212 valence electrons. The Morgan fingerprint density at radius 2 is 1.90 bits per heavy atom. The summed E-state index contributed by atoms with van der Waals surface area (Å²) in [6.07, 6.45) is 2.80. The topological polar surface area (TPSA) is 161 Å². The summed E-state index contributed by atoms with van der Waals surface area (Å²) >= 11 is 0. The lowest BCUT2D eigenvalue weighted by Crippen LogP contribution is -2.65. The van der Waals surface area contributed by atoms with Crippen LogP contribution in [0.2, 0.25) is 0 Å². The van der Waals surface area contributed by atoms with Gasteiger partial charge in [-0.25, -0.2) is 0 Å². The van der Waals surface area contributed by atoms with Gasteiger partial charge in [-0.3, -0.25) is 19.3 Å². The number of Topliss-reactive ketones (excluding diaryl/α,β-unsaturated/α-hetero) is 3. The van der Waals surface area contributed by atoms with Crippen LogP contribution >= 0.6 is 0 Å². The first-order valence-corrected chi connectivity index (χ1v) is 13.4. The van der Waals surface area contributed by atoms with Gasteiger partial charge in [0.05, 0.1) is 17.9 Å². The predicted molar refractivity (Wildman–Crippen MR) is 145 cm³/mol. The number of furan rings is 1. The van der Waals surface area contributed by atoms with Gasteiger partial charge in [-0.1, -0.05) is 6.92 Å². The van der Waals surface area contributed by atoms with E-state index >= 15 is 0 Å². The Bertz CT molecular complexity index is 1480. The first kappa shape index (κ1) is 27.8. The van der Waals surface area contributed by atoms with Crippen LogP contribution in [0.1, 0.15) is 43.4 Å². The smallest absolute Gasteiger partial charge is 0.202 e. The highest BCUT2D eigenvalue weighted by atomic mass is 16.3. The SMILES string of the molecule is CCCNCc1ccoc1-c1ccc(O)c2c1C[C@H]1C[C@H]3[C@H](N(C)C)C(=O)C(C(C)=O)=C(O)[C@@]3(O)C(=O)C1=C2O. The molecule has 0 amide bonds. The number of aliphatic hydroxyl groups is 3. The third-order valence-corrected chi connectivity index (χ3v) is 8.44. The van der Waals surface area contributed by atoms with Crippen molar-refractivity contribution in [1.29, 1.82) is 0 Å². The van der Waals surface area contributed by atoms with Crippen molar-refractivity contribution in [1.82, 2.24) is 10.2 Å². The number of nitrogens with one attached hydrogen (secondary N) is 1. The fraction of sp³-hybridized carbons (Fsp3) is 0.433. The fourth-order valence-electron chi connectivity index (χ4n) is 6.67. The molecule has 1 aromatic carbocycles. The van der Waals surface area contributed by atoms with Crippen LogP contribution in [0.5, 0.6) is 5.75 Å². The molecule has 3 aliphatic rings. The maximum Gasteiger partial charge on any atom is 0.202 e. The van der Waals surface area contributed by atoms with E-state index in [-0.39, 0.29) is 29.7 Å². The summed E-state index contributed by atoms with van der Waals surface area (Å²) in [5, 5.41) is 48.4. The lowest BCUT2D eigenvalue weighted by atomic mass is 9.57. The number of likely N-dealkylation sites (N-methyl/N-ethyl adjacent to an activating group) is 1. The molecule has 5 N–H and O–H groups in total. The molecule has 3 aliphatic carbocycles. The summed E-state index contributed by atoms with van der Waals surface area (Å²) in [7, 11) is 3.21. The van der Waals surface area contributed by atoms with E-state index < -0.39 is 57.9 Å². The van der Waals surface area contributed by atoms with Crippen molar-refractivity contribution < 1.29 is 39.2 Å². The van der Waals surface area contributed by atoms with Gasteiger partial charge in [-0.05, 0) is 76.5 Å². The zero-order chi connectivity index (χ0) is 29.1. The van der Waals surface area contributed by atoms with E-state index in [1.165, 1.54) is 11.0 Å². The molecule has 1 heterocycles. The third kappa shape index (κ3) is 3.93. The average Bonchev–Trinajstić information content (AvgIpc) is 3.34. The second kappa shape index (κ2) is 10.0. The van der Waals surface area contributed by atoms with E-state index in [2.05, 4.69) is 12.2 Å². The Morgan fingerprint density at radius 1 is 1.18 bits per heavy atom. The van der Waals surface area contributed by atoms with Gasteiger partial charge in [0.15, 0.2) is 17.2 Å². The van der Waals surface area contributed by atoms with Crippen molar-refractivity contribution in [2.45, 2.75) is 51.3 Å². The normalized spacial score (nSPS) is 26.2. The third-order valence-electron chi connectivity index (χ3n) is 8.44. The zero-order valence-electron chi connectivity index (χ0n) is 22.9. The van der Waals surface area contributed by atoms with Crippen LogP contribution < -0.4 is 5.32 Å². The van der Waals surface area contributed by atoms with Crippen molar-refractivity contribution in [2.75, 3.05) is 20.6 Å². The highest BCUT2D eigenvalue weighted by Gasteiger charge is 2.64. The minimum absolute atomic E-state index is 0.0503. The second-order valence-electron chi connectivity index (χ2n) is 11.1. The van der Waals surface area contributed by atoms with E-state index in [1.54, 1.807) is 26.4 Å². The first-order valence-electron chi connectivity index (χ1n) is 13.4. The molecule has 10 nitrogen and oxygen atoms in total. The quantitative estimate of drug-likeness (QED) is 0.256. The van der Waals surface area contributed by atoms with Gasteiger partial charge < -0.3 is 30.2 Å². The highest BCUT2D eigenvalue weighted by molar-refractivity contribution is 6.25. The number of carbonyl (C=O) groups excluding carboxylic acids is 3. The van der Waals surface area contributed by atoms with Gasteiger partial charge >= 0.3 is 0 Å². The molecular formula is C30H34N2O8. The van der Waals surface area contributed by atoms with E-state index in [1.807, 2.05) is 6.07 Å². The van der Waals surface area contributed by atoms with Gasteiger partial charge in [-0.2, -0.15) is 0 Å². The second-order valence-corrected chi connectivity index (χ2v) is 11.1. The van der Waals surface area contributed by atoms with Crippen LogP contribution in [0, 0.1) is 11.8 Å². The number of phenolic OH excluding ortho intramolecular Hbond substituents is 1. The molecule has 10 heteroatoms. The molecule has 4 atom stereocenters. The molecule has 0 unspecified atom stereocenters. The molecule has 0 aliphatic heterocycles. The zero-order valence-corrected chi connectivity index (χ0v) is 22.9. The standard InChI is InChI=1S/C30H34N2O8/c1-5-9-31-13-15-8-10-40-27(15)17-6-7-20(34)23-18(17)11-16-12-19-24(32(3)4)26(36)21(14(2)33)28(37)30(19,39)29(38)22(16)25(23)35/h6-8,10,16,19,24,31,34-35,37,39H,5,9,11-13H2,1-4H3/t16-,19-,24-,30+/m0/s1. The van der Waals surface area contributed by atoms with Gasteiger partial charge in [0, 0.05) is 29.2 Å². The van der Waals surface area contributed by atoms with Gasteiger partial charge in [0.1, 0.15) is 28.6 Å². The average molecular weight is 551 g/mol. The van der Waals surface area contributed by atoms with Crippen molar-refractivity contribution in [3.63, 3.8) is 0 Å². The number of aliphatic hydroxyl groups excluding tert-OH is 2. The summed E-state index contributed by atoms with van der Waals surface area (Å²) in [5.41, 5.74) is -1.19. The van der Waals surface area contributed by atoms with E-state index in [0.717, 1.165) is 25.5 Å². The van der Waals surface area contributed by atoms with Crippen LogP contribution in [-0.4, -0.2) is 75.0 Å². The Kier molecular flexibility index (Phi) is 6.98. The van der Waals surface area contributed by atoms with Crippen LogP contribution in [-0.2, 0) is 27.3 Å². The molecule has 1 aromatic heterocycles. The molecule has 0 radical (unpaired) electrons. The van der Waals surface area contributed by atoms with Gasteiger partial charge in [0.2, 0.25) is 5.78 Å². The Labute approximate surface area is 231 Å². The monoisotopic (exact) mass is 550 g/mol. The minimum atomic E-state index is -2.59. The number of benzene rings is 1. The molecule has 1 fully saturated rings. The number of ketones is 3. The number of aromatic hydroxyl groups is 1. The molecular weight excluding hydrogens is 516 g/mol. The summed E-state index contributed by atoms with van der Waals surface area (Å²) in [6, 6.07) is 3.91. The Morgan fingerprint density at radius 3 is 2.55 bits per heavy atom. The van der Waals surface area contributed by atoms with Crippen LogP contribution in [0.4, 0.5) is 0 Å². The number of carbonyl (C=O) groups is 3. The molecule has 2 aromatic rings. The van der Waals surface area contributed by atoms with E-state index in [0.29, 0.717) is 23.4 Å². The Balaban J connectivity index is 1.68. The van der Waals surface area contributed by atoms with E-state index in [9.17, 15) is 34.8 Å². The molecule has 40 heavy (non-hydrogen) atoms. The maximum atomic E-state index is 14.0. The van der Waals surface area contributed by atoms with Crippen molar-refractivity contribution in [2.24, 2.45) is 11.8 Å². The maximum absolute atomic E-state index is 14.0.